The van der Waals surface area contributed by atoms with Crippen molar-refractivity contribution in [1.29, 1.82) is 0 Å². The van der Waals surface area contributed by atoms with Crippen LogP contribution in [0.25, 0.3) is 0 Å². The molecule has 2 fully saturated rings. The average Bonchev–Trinajstić information content (AvgIpc) is 2.36. The minimum absolute atomic E-state index is 0.243. The zero-order valence-corrected chi connectivity index (χ0v) is 14.3. The largest absolute Gasteiger partial charge is 0.381 e. The second-order valence-corrected chi connectivity index (χ2v) is 8.91. The van der Waals surface area contributed by atoms with E-state index in [9.17, 15) is 0 Å². The molecule has 1 heterocycles. The lowest BCUT2D eigenvalue weighted by Crippen LogP contribution is -2.45. The summed E-state index contributed by atoms with van der Waals surface area (Å²) in [4.78, 5) is 0. The van der Waals surface area contributed by atoms with Crippen LogP contribution in [0.3, 0.4) is 0 Å². The average molecular weight is 281 g/mol. The van der Waals surface area contributed by atoms with E-state index in [1.54, 1.807) is 0 Å². The molecule has 0 aromatic rings. The van der Waals surface area contributed by atoms with Gasteiger partial charge in [-0.1, -0.05) is 13.8 Å². The molecule has 1 aliphatic carbocycles. The maximum atomic E-state index is 5.58. The van der Waals surface area contributed by atoms with Gasteiger partial charge in [-0.15, -0.1) is 0 Å². The SMILES string of the molecule is CC1(C)CCC(CNC(C)(C)C)C(C2CCOCC2)C1. The first-order valence-electron chi connectivity index (χ1n) is 8.60. The van der Waals surface area contributed by atoms with E-state index in [1.165, 1.54) is 38.6 Å². The Morgan fingerprint density at radius 1 is 1.10 bits per heavy atom. The summed E-state index contributed by atoms with van der Waals surface area (Å²) >= 11 is 0. The van der Waals surface area contributed by atoms with Gasteiger partial charge >= 0.3 is 0 Å². The van der Waals surface area contributed by atoms with Gasteiger partial charge in [-0.05, 0) is 82.6 Å². The minimum atomic E-state index is 0.243. The Morgan fingerprint density at radius 2 is 1.75 bits per heavy atom. The normalized spacial score (nSPS) is 32.2. The van der Waals surface area contributed by atoms with Crippen molar-refractivity contribution in [2.24, 2.45) is 23.2 Å². The summed E-state index contributed by atoms with van der Waals surface area (Å²) in [6.45, 7) is 14.9. The van der Waals surface area contributed by atoms with Crippen molar-refractivity contribution in [3.63, 3.8) is 0 Å². The van der Waals surface area contributed by atoms with Crippen molar-refractivity contribution in [3.05, 3.63) is 0 Å². The smallest absolute Gasteiger partial charge is 0.0468 e. The Balaban J connectivity index is 1.99. The lowest BCUT2D eigenvalue weighted by molar-refractivity contribution is -0.000336. The van der Waals surface area contributed by atoms with Crippen molar-refractivity contribution in [2.45, 2.75) is 72.3 Å². The number of ether oxygens (including phenoxy) is 1. The third-order valence-corrected chi connectivity index (χ3v) is 5.35. The second kappa shape index (κ2) is 6.36. The summed E-state index contributed by atoms with van der Waals surface area (Å²) in [5.41, 5.74) is 0.786. The van der Waals surface area contributed by atoms with E-state index in [0.717, 1.165) is 31.0 Å². The zero-order valence-electron chi connectivity index (χ0n) is 14.3. The van der Waals surface area contributed by atoms with Crippen LogP contribution < -0.4 is 5.32 Å². The van der Waals surface area contributed by atoms with E-state index in [2.05, 4.69) is 39.9 Å². The van der Waals surface area contributed by atoms with Crippen LogP contribution >= 0.6 is 0 Å². The molecule has 20 heavy (non-hydrogen) atoms. The van der Waals surface area contributed by atoms with Gasteiger partial charge in [0.25, 0.3) is 0 Å². The van der Waals surface area contributed by atoms with Gasteiger partial charge in [0.15, 0.2) is 0 Å². The molecule has 2 nitrogen and oxygen atoms in total. The summed E-state index contributed by atoms with van der Waals surface area (Å²) in [5.74, 6) is 2.66. The van der Waals surface area contributed by atoms with Gasteiger partial charge in [0.1, 0.15) is 0 Å². The van der Waals surface area contributed by atoms with E-state index in [4.69, 9.17) is 4.74 Å². The highest BCUT2D eigenvalue weighted by molar-refractivity contribution is 4.90. The molecule has 0 spiro atoms. The van der Waals surface area contributed by atoms with Crippen molar-refractivity contribution in [1.82, 2.24) is 5.32 Å². The van der Waals surface area contributed by atoms with Crippen LogP contribution in [0.2, 0.25) is 0 Å². The number of rotatable bonds is 3. The van der Waals surface area contributed by atoms with E-state index in [0.29, 0.717) is 5.41 Å². The molecule has 2 aliphatic rings. The van der Waals surface area contributed by atoms with Gasteiger partial charge in [0.05, 0.1) is 0 Å². The summed E-state index contributed by atoms with van der Waals surface area (Å²) < 4.78 is 5.58. The van der Waals surface area contributed by atoms with E-state index >= 15 is 0 Å². The quantitative estimate of drug-likeness (QED) is 0.835. The monoisotopic (exact) mass is 281 g/mol. The summed E-state index contributed by atoms with van der Waals surface area (Å²) in [7, 11) is 0. The molecular formula is C18H35NO. The fraction of sp³-hybridized carbons (Fsp3) is 1.00. The standard InChI is InChI=1S/C18H35NO/c1-17(2,3)19-13-15-6-9-18(4,5)12-16(15)14-7-10-20-11-8-14/h14-16,19H,6-13H2,1-5H3. The Hall–Kier alpha value is -0.0800. The Labute approximate surface area is 126 Å². The molecule has 0 radical (unpaired) electrons. The molecule has 0 bridgehead atoms. The summed E-state index contributed by atoms with van der Waals surface area (Å²) in [6.07, 6.45) is 6.77. The highest BCUT2D eigenvalue weighted by Crippen LogP contribution is 2.46. The fourth-order valence-electron chi connectivity index (χ4n) is 4.08. The third-order valence-electron chi connectivity index (χ3n) is 5.35. The molecule has 0 aromatic heterocycles. The summed E-state index contributed by atoms with van der Waals surface area (Å²) in [5, 5.41) is 3.76. The first-order chi connectivity index (χ1) is 9.27. The molecule has 1 N–H and O–H groups in total. The molecule has 1 saturated carbocycles. The second-order valence-electron chi connectivity index (χ2n) is 8.91. The van der Waals surface area contributed by atoms with E-state index < -0.39 is 0 Å². The van der Waals surface area contributed by atoms with Crippen LogP contribution in [0.15, 0.2) is 0 Å². The lowest BCUT2D eigenvalue weighted by Gasteiger charge is -2.46. The zero-order chi connectivity index (χ0) is 14.8. The molecule has 2 heteroatoms. The molecule has 2 rings (SSSR count). The van der Waals surface area contributed by atoms with Crippen LogP contribution in [0.1, 0.15) is 66.7 Å². The van der Waals surface area contributed by atoms with Gasteiger partial charge < -0.3 is 10.1 Å². The van der Waals surface area contributed by atoms with Crippen LogP contribution in [-0.2, 0) is 4.74 Å². The highest BCUT2D eigenvalue weighted by atomic mass is 16.5. The molecular weight excluding hydrogens is 246 g/mol. The Bertz CT molecular complexity index is 299. The fourth-order valence-corrected chi connectivity index (χ4v) is 4.08. The third kappa shape index (κ3) is 4.73. The molecule has 2 unspecified atom stereocenters. The topological polar surface area (TPSA) is 21.3 Å². The predicted molar refractivity (Wildman–Crippen MR) is 85.9 cm³/mol. The molecule has 1 aliphatic heterocycles. The van der Waals surface area contributed by atoms with E-state index in [-0.39, 0.29) is 5.54 Å². The first kappa shape index (κ1) is 16.3. The Kier molecular flexibility index (Phi) is 5.18. The van der Waals surface area contributed by atoms with Crippen LogP contribution in [-0.4, -0.2) is 25.3 Å². The van der Waals surface area contributed by atoms with Crippen molar-refractivity contribution in [2.75, 3.05) is 19.8 Å². The molecule has 118 valence electrons. The number of hydrogen-bond donors (Lipinski definition) is 1. The van der Waals surface area contributed by atoms with E-state index in [1.807, 2.05) is 0 Å². The van der Waals surface area contributed by atoms with Crippen molar-refractivity contribution in [3.8, 4) is 0 Å². The van der Waals surface area contributed by atoms with Gasteiger partial charge in [0, 0.05) is 18.8 Å². The van der Waals surface area contributed by atoms with Crippen LogP contribution in [0, 0.1) is 23.2 Å². The number of nitrogens with one attached hydrogen (secondary N) is 1. The summed E-state index contributed by atoms with van der Waals surface area (Å²) in [6, 6.07) is 0. The first-order valence-corrected chi connectivity index (χ1v) is 8.60. The molecule has 1 saturated heterocycles. The maximum absolute atomic E-state index is 5.58. The van der Waals surface area contributed by atoms with Gasteiger partial charge in [0.2, 0.25) is 0 Å². The maximum Gasteiger partial charge on any atom is 0.0468 e. The predicted octanol–water partition coefficient (Wildman–Crippen LogP) is 4.24. The van der Waals surface area contributed by atoms with Gasteiger partial charge in [-0.3, -0.25) is 0 Å². The lowest BCUT2D eigenvalue weighted by atomic mass is 9.62. The number of hydrogen-bond acceptors (Lipinski definition) is 2. The van der Waals surface area contributed by atoms with Crippen LogP contribution in [0.4, 0.5) is 0 Å². The van der Waals surface area contributed by atoms with Crippen molar-refractivity contribution >= 4 is 0 Å². The molecule has 2 atom stereocenters. The minimum Gasteiger partial charge on any atom is -0.381 e. The van der Waals surface area contributed by atoms with Crippen LogP contribution in [0.5, 0.6) is 0 Å². The van der Waals surface area contributed by atoms with Gasteiger partial charge in [-0.2, -0.15) is 0 Å². The van der Waals surface area contributed by atoms with Crippen molar-refractivity contribution < 1.29 is 4.74 Å². The molecule has 0 amide bonds. The molecule has 0 aromatic carbocycles. The Morgan fingerprint density at radius 3 is 2.35 bits per heavy atom. The highest BCUT2D eigenvalue weighted by Gasteiger charge is 2.39. The van der Waals surface area contributed by atoms with Gasteiger partial charge in [-0.25, -0.2) is 0 Å².